The molecule has 32 heavy (non-hydrogen) atoms. The zero-order chi connectivity index (χ0) is 22.6. The summed E-state index contributed by atoms with van der Waals surface area (Å²) < 4.78 is 25.6. The number of hydrogen-bond acceptors (Lipinski definition) is 6. The van der Waals surface area contributed by atoms with Crippen molar-refractivity contribution in [3.05, 3.63) is 65.6 Å². The summed E-state index contributed by atoms with van der Waals surface area (Å²) in [6, 6.07) is 10.6. The summed E-state index contributed by atoms with van der Waals surface area (Å²) in [6.07, 6.45) is 1.38. The lowest BCUT2D eigenvalue weighted by Crippen LogP contribution is -2.29. The molecule has 3 heterocycles. The van der Waals surface area contributed by atoms with Crippen LogP contribution < -0.4 is 14.4 Å². The first-order valence-electron chi connectivity index (χ1n) is 9.67. The van der Waals surface area contributed by atoms with E-state index in [0.29, 0.717) is 39.5 Å². The van der Waals surface area contributed by atoms with Crippen LogP contribution >= 0.6 is 0 Å². The molecule has 0 radical (unpaired) electrons. The molecule has 1 aliphatic rings. The number of amides is 2. The number of pyridine rings is 1. The van der Waals surface area contributed by atoms with Gasteiger partial charge >= 0.3 is 0 Å². The molecule has 160 valence electrons. The minimum absolute atomic E-state index is 0.164. The molecule has 4 aromatic rings. The predicted molar refractivity (Wildman–Crippen MR) is 115 cm³/mol. The van der Waals surface area contributed by atoms with E-state index in [1.165, 1.54) is 37.2 Å². The monoisotopic (exact) mass is 432 g/mol. The number of anilines is 1. The molecule has 0 bridgehead atoms. The fraction of sp³-hybridized carbons (Fsp3) is 0.130. The lowest BCUT2D eigenvalue weighted by atomic mass is 10.0. The van der Waals surface area contributed by atoms with Gasteiger partial charge in [-0.15, -0.1) is 0 Å². The number of ether oxygens (including phenoxy) is 2. The molecule has 0 atom stereocenters. The topological polar surface area (TPSA) is 86.5 Å². The molecule has 0 fully saturated rings. The predicted octanol–water partition coefficient (Wildman–Crippen LogP) is 3.59. The standard InChI is InChI=1S/C23H17FN4O4/c1-27-21-19(20(26-27)12-4-6-13(24)7-5-12)18-15(11-25-21)22(29)28(23(18)30)16-9-8-14(31-2)10-17(16)32-3/h4-11H,1-3H3. The van der Waals surface area contributed by atoms with Crippen molar-refractivity contribution < 1.29 is 23.5 Å². The maximum Gasteiger partial charge on any atom is 0.267 e. The summed E-state index contributed by atoms with van der Waals surface area (Å²) in [5.74, 6) is -0.583. The van der Waals surface area contributed by atoms with Gasteiger partial charge in [0.25, 0.3) is 11.8 Å². The molecule has 0 N–H and O–H groups in total. The molecule has 2 aromatic carbocycles. The molecule has 0 saturated heterocycles. The molecule has 9 heteroatoms. The SMILES string of the molecule is COc1ccc(N2C(=O)c3cnc4c(c(-c5ccc(F)cc5)nn4C)c3C2=O)c(OC)c1. The molecule has 0 spiro atoms. The average molecular weight is 432 g/mol. The number of rotatable bonds is 4. The molecule has 0 saturated carbocycles. The van der Waals surface area contributed by atoms with Crippen LogP contribution in [0.3, 0.4) is 0 Å². The number of methoxy groups -OCH3 is 2. The van der Waals surface area contributed by atoms with E-state index >= 15 is 0 Å². The number of halogens is 1. The van der Waals surface area contributed by atoms with Crippen LogP contribution in [0.2, 0.25) is 0 Å². The van der Waals surface area contributed by atoms with Gasteiger partial charge in [-0.3, -0.25) is 9.59 Å². The highest BCUT2D eigenvalue weighted by Crippen LogP contribution is 2.40. The second kappa shape index (κ2) is 7.16. The molecule has 2 amide bonds. The van der Waals surface area contributed by atoms with E-state index in [0.717, 1.165) is 4.90 Å². The van der Waals surface area contributed by atoms with Crippen LogP contribution in [0.1, 0.15) is 20.7 Å². The Morgan fingerprint density at radius 3 is 2.41 bits per heavy atom. The van der Waals surface area contributed by atoms with Crippen molar-refractivity contribution in [1.82, 2.24) is 14.8 Å². The molecule has 0 unspecified atom stereocenters. The number of benzene rings is 2. The number of aromatic nitrogens is 3. The Morgan fingerprint density at radius 2 is 1.72 bits per heavy atom. The summed E-state index contributed by atoms with van der Waals surface area (Å²) >= 11 is 0. The van der Waals surface area contributed by atoms with E-state index in [1.54, 1.807) is 37.4 Å². The van der Waals surface area contributed by atoms with Gasteiger partial charge in [0, 0.05) is 24.9 Å². The fourth-order valence-electron chi connectivity index (χ4n) is 3.93. The lowest BCUT2D eigenvalue weighted by Gasteiger charge is -2.18. The van der Waals surface area contributed by atoms with E-state index in [1.807, 2.05) is 0 Å². The second-order valence-electron chi connectivity index (χ2n) is 7.21. The largest absolute Gasteiger partial charge is 0.497 e. The van der Waals surface area contributed by atoms with Crippen LogP contribution in [0.25, 0.3) is 22.3 Å². The van der Waals surface area contributed by atoms with Crippen LogP contribution in [0.5, 0.6) is 11.5 Å². The van der Waals surface area contributed by atoms with Crippen molar-refractivity contribution in [2.75, 3.05) is 19.1 Å². The number of hydrogen-bond donors (Lipinski definition) is 0. The van der Waals surface area contributed by atoms with Gasteiger partial charge in [0.2, 0.25) is 0 Å². The van der Waals surface area contributed by atoms with E-state index in [-0.39, 0.29) is 16.9 Å². The minimum atomic E-state index is -0.517. The number of carbonyl (C=O) groups excluding carboxylic acids is 2. The summed E-state index contributed by atoms with van der Waals surface area (Å²) in [4.78, 5) is 32.3. The quantitative estimate of drug-likeness (QED) is 0.458. The first kappa shape index (κ1) is 19.7. The van der Waals surface area contributed by atoms with Crippen LogP contribution in [0, 0.1) is 5.82 Å². The van der Waals surface area contributed by atoms with Crippen LogP contribution in [0.15, 0.2) is 48.7 Å². The second-order valence-corrected chi connectivity index (χ2v) is 7.21. The average Bonchev–Trinajstić information content (AvgIpc) is 3.27. The van der Waals surface area contributed by atoms with Crippen molar-refractivity contribution in [3.63, 3.8) is 0 Å². The Hall–Kier alpha value is -4.27. The number of aryl methyl sites for hydroxylation is 1. The molecular weight excluding hydrogens is 415 g/mol. The first-order valence-corrected chi connectivity index (χ1v) is 9.67. The highest BCUT2D eigenvalue weighted by atomic mass is 19.1. The molecule has 5 rings (SSSR count). The highest BCUT2D eigenvalue weighted by Gasteiger charge is 2.41. The van der Waals surface area contributed by atoms with E-state index in [9.17, 15) is 14.0 Å². The smallest absolute Gasteiger partial charge is 0.267 e. The van der Waals surface area contributed by atoms with Gasteiger partial charge < -0.3 is 9.47 Å². The van der Waals surface area contributed by atoms with Crippen molar-refractivity contribution >= 4 is 28.5 Å². The van der Waals surface area contributed by atoms with Crippen molar-refractivity contribution in [3.8, 4) is 22.8 Å². The van der Waals surface area contributed by atoms with Crippen molar-refractivity contribution in [2.24, 2.45) is 7.05 Å². The molecular formula is C23H17FN4O4. The third-order valence-electron chi connectivity index (χ3n) is 5.45. The van der Waals surface area contributed by atoms with Gasteiger partial charge in [0.05, 0.1) is 36.4 Å². The molecule has 1 aliphatic heterocycles. The van der Waals surface area contributed by atoms with E-state index in [2.05, 4.69) is 10.1 Å². The number of imide groups is 1. The fourth-order valence-corrected chi connectivity index (χ4v) is 3.93. The molecule has 2 aromatic heterocycles. The van der Waals surface area contributed by atoms with E-state index in [4.69, 9.17) is 9.47 Å². The third kappa shape index (κ3) is 2.74. The van der Waals surface area contributed by atoms with Gasteiger partial charge in [0.15, 0.2) is 5.65 Å². The Morgan fingerprint density at radius 1 is 0.969 bits per heavy atom. The number of fused-ring (bicyclic) bond motifs is 3. The van der Waals surface area contributed by atoms with Crippen molar-refractivity contribution in [2.45, 2.75) is 0 Å². The van der Waals surface area contributed by atoms with Gasteiger partial charge in [-0.25, -0.2) is 19.0 Å². The Labute approximate surface area is 181 Å². The normalized spacial score (nSPS) is 13.1. The highest BCUT2D eigenvalue weighted by molar-refractivity contribution is 6.38. The Bertz CT molecular complexity index is 1410. The maximum atomic E-state index is 13.6. The van der Waals surface area contributed by atoms with E-state index < -0.39 is 11.8 Å². The Balaban J connectivity index is 1.73. The number of carbonyl (C=O) groups is 2. The summed E-state index contributed by atoms with van der Waals surface area (Å²) in [7, 11) is 4.66. The van der Waals surface area contributed by atoms with Gasteiger partial charge in [0.1, 0.15) is 23.0 Å². The van der Waals surface area contributed by atoms with Crippen molar-refractivity contribution in [1.29, 1.82) is 0 Å². The lowest BCUT2D eigenvalue weighted by molar-refractivity contribution is 0.0925. The summed E-state index contributed by atoms with van der Waals surface area (Å²) in [6.45, 7) is 0. The maximum absolute atomic E-state index is 13.6. The van der Waals surface area contributed by atoms with Gasteiger partial charge in [-0.2, -0.15) is 5.10 Å². The third-order valence-corrected chi connectivity index (χ3v) is 5.45. The summed E-state index contributed by atoms with van der Waals surface area (Å²) in [5, 5.41) is 4.92. The zero-order valence-corrected chi connectivity index (χ0v) is 17.4. The van der Waals surface area contributed by atoms with Gasteiger partial charge in [-0.05, 0) is 36.4 Å². The Kier molecular flexibility index (Phi) is 4.40. The zero-order valence-electron chi connectivity index (χ0n) is 17.4. The molecule has 8 nitrogen and oxygen atoms in total. The van der Waals surface area contributed by atoms with Crippen LogP contribution in [-0.2, 0) is 7.05 Å². The molecule has 0 aliphatic carbocycles. The van der Waals surface area contributed by atoms with Gasteiger partial charge in [-0.1, -0.05) is 0 Å². The summed E-state index contributed by atoms with van der Waals surface area (Å²) in [5.41, 5.74) is 2.14. The van der Waals surface area contributed by atoms with Crippen LogP contribution in [-0.4, -0.2) is 40.8 Å². The minimum Gasteiger partial charge on any atom is -0.497 e. The number of nitrogens with zero attached hydrogens (tertiary/aromatic N) is 4. The van der Waals surface area contributed by atoms with Crippen LogP contribution in [0.4, 0.5) is 10.1 Å². The first-order chi connectivity index (χ1) is 15.4.